The molecule has 156 valence electrons. The standard InChI is InChI=1S/C18H15ClF3NO5S/c1-11(2)7-8-29(26,27)17-10-13(4-5-15(17)23(24)25)28-16-6-3-12(9-14(16)19)18(20,21)22/h3-7,9-10H,8H2,1-2H3. The molecule has 0 atom stereocenters. The monoisotopic (exact) mass is 449 g/mol. The van der Waals surface area contributed by atoms with Crippen LogP contribution in [0.25, 0.3) is 0 Å². The molecule has 0 aliphatic heterocycles. The minimum Gasteiger partial charge on any atom is -0.456 e. The van der Waals surface area contributed by atoms with Crippen LogP contribution in [0.15, 0.2) is 52.9 Å². The molecule has 0 radical (unpaired) electrons. The fourth-order valence-corrected chi connectivity index (χ4v) is 3.92. The van der Waals surface area contributed by atoms with E-state index >= 15 is 0 Å². The first kappa shape index (κ1) is 22.7. The number of ether oxygens (including phenoxy) is 1. The smallest absolute Gasteiger partial charge is 0.416 e. The van der Waals surface area contributed by atoms with Gasteiger partial charge in [0, 0.05) is 12.1 Å². The SMILES string of the molecule is CC(C)=CCS(=O)(=O)c1cc(Oc2ccc(C(F)(F)F)cc2Cl)ccc1[N+](=O)[O-]. The summed E-state index contributed by atoms with van der Waals surface area (Å²) in [7, 11) is -4.06. The first-order chi connectivity index (χ1) is 13.3. The number of nitro benzene ring substituents is 1. The number of hydrogen-bond acceptors (Lipinski definition) is 5. The van der Waals surface area contributed by atoms with Gasteiger partial charge >= 0.3 is 6.18 Å². The number of halogens is 4. The number of nitro groups is 1. The maximum Gasteiger partial charge on any atom is 0.416 e. The summed E-state index contributed by atoms with van der Waals surface area (Å²) < 4.78 is 68.6. The van der Waals surface area contributed by atoms with Crippen molar-refractivity contribution in [3.05, 3.63) is 68.7 Å². The number of allylic oxidation sites excluding steroid dienone is 1. The molecule has 0 aromatic heterocycles. The van der Waals surface area contributed by atoms with Crippen LogP contribution in [0.2, 0.25) is 5.02 Å². The van der Waals surface area contributed by atoms with Gasteiger partial charge in [0.15, 0.2) is 9.84 Å². The van der Waals surface area contributed by atoms with Crippen LogP contribution in [0.4, 0.5) is 18.9 Å². The van der Waals surface area contributed by atoms with Crippen LogP contribution in [0.1, 0.15) is 19.4 Å². The van der Waals surface area contributed by atoms with Gasteiger partial charge in [0.2, 0.25) is 0 Å². The maximum atomic E-state index is 12.7. The topological polar surface area (TPSA) is 86.5 Å². The molecule has 2 aromatic rings. The summed E-state index contributed by atoms with van der Waals surface area (Å²) in [6, 6.07) is 5.41. The first-order valence-electron chi connectivity index (χ1n) is 8.00. The second-order valence-electron chi connectivity index (χ2n) is 6.19. The van der Waals surface area contributed by atoms with Crippen molar-refractivity contribution >= 4 is 27.1 Å². The summed E-state index contributed by atoms with van der Waals surface area (Å²) in [6.45, 7) is 3.35. The average molecular weight is 450 g/mol. The Labute approximate surface area is 169 Å². The third-order valence-electron chi connectivity index (χ3n) is 3.66. The number of sulfone groups is 1. The number of alkyl halides is 3. The molecule has 29 heavy (non-hydrogen) atoms. The zero-order chi connectivity index (χ0) is 22.0. The molecule has 0 fully saturated rings. The summed E-state index contributed by atoms with van der Waals surface area (Å²) in [5.74, 6) is -0.755. The Morgan fingerprint density at radius 2 is 1.86 bits per heavy atom. The number of hydrogen-bond donors (Lipinski definition) is 0. The lowest BCUT2D eigenvalue weighted by Gasteiger charge is -2.12. The van der Waals surface area contributed by atoms with Gasteiger partial charge in [0.05, 0.1) is 21.3 Å². The molecule has 0 bridgehead atoms. The molecule has 0 aliphatic rings. The van der Waals surface area contributed by atoms with Gasteiger partial charge in [0.25, 0.3) is 5.69 Å². The van der Waals surface area contributed by atoms with Crippen LogP contribution < -0.4 is 4.74 Å². The van der Waals surface area contributed by atoms with Crippen molar-refractivity contribution in [1.29, 1.82) is 0 Å². The Balaban J connectivity index is 2.46. The Morgan fingerprint density at radius 3 is 2.38 bits per heavy atom. The van der Waals surface area contributed by atoms with Crippen molar-refractivity contribution in [2.24, 2.45) is 0 Å². The van der Waals surface area contributed by atoms with Crippen molar-refractivity contribution in [2.45, 2.75) is 24.9 Å². The second-order valence-corrected chi connectivity index (χ2v) is 8.60. The fraction of sp³-hybridized carbons (Fsp3) is 0.222. The number of nitrogens with zero attached hydrogens (tertiary/aromatic N) is 1. The third-order valence-corrected chi connectivity index (χ3v) is 5.56. The molecule has 0 heterocycles. The molecule has 0 saturated carbocycles. The van der Waals surface area contributed by atoms with Crippen LogP contribution in [0.5, 0.6) is 11.5 Å². The molecular formula is C18H15ClF3NO5S. The van der Waals surface area contributed by atoms with Crippen LogP contribution in [-0.4, -0.2) is 19.1 Å². The average Bonchev–Trinajstić information content (AvgIpc) is 2.60. The van der Waals surface area contributed by atoms with Gasteiger partial charge in [-0.2, -0.15) is 13.2 Å². The Hall–Kier alpha value is -2.59. The summed E-state index contributed by atoms with van der Waals surface area (Å²) in [6.07, 6.45) is -3.19. The van der Waals surface area contributed by atoms with E-state index in [0.717, 1.165) is 30.3 Å². The van der Waals surface area contributed by atoms with Gasteiger partial charge in [0.1, 0.15) is 16.4 Å². The largest absolute Gasteiger partial charge is 0.456 e. The Morgan fingerprint density at radius 1 is 1.21 bits per heavy atom. The van der Waals surface area contributed by atoms with E-state index in [9.17, 15) is 31.7 Å². The van der Waals surface area contributed by atoms with Crippen molar-refractivity contribution < 1.29 is 31.2 Å². The van der Waals surface area contributed by atoms with Crippen LogP contribution in [-0.2, 0) is 16.0 Å². The third kappa shape index (κ3) is 5.70. The van der Waals surface area contributed by atoms with E-state index in [4.69, 9.17) is 16.3 Å². The van der Waals surface area contributed by atoms with Crippen molar-refractivity contribution in [3.63, 3.8) is 0 Å². The Kier molecular flexibility index (Phi) is 6.59. The highest BCUT2D eigenvalue weighted by Crippen LogP contribution is 2.37. The predicted octanol–water partition coefficient (Wildman–Crippen LogP) is 5.80. The molecule has 0 unspecified atom stereocenters. The van der Waals surface area contributed by atoms with Crippen LogP contribution in [0, 0.1) is 10.1 Å². The highest BCUT2D eigenvalue weighted by Gasteiger charge is 2.31. The van der Waals surface area contributed by atoms with E-state index in [1.807, 2.05) is 0 Å². The second kappa shape index (κ2) is 8.42. The van der Waals surface area contributed by atoms with E-state index < -0.39 is 42.8 Å². The normalized spacial score (nSPS) is 11.8. The maximum absolute atomic E-state index is 12.7. The zero-order valence-corrected chi connectivity index (χ0v) is 16.7. The summed E-state index contributed by atoms with van der Waals surface area (Å²) in [4.78, 5) is 9.81. The minimum atomic E-state index is -4.60. The van der Waals surface area contributed by atoms with Gasteiger partial charge in [-0.3, -0.25) is 10.1 Å². The van der Waals surface area contributed by atoms with Gasteiger partial charge in [-0.25, -0.2) is 8.42 Å². The van der Waals surface area contributed by atoms with E-state index in [1.54, 1.807) is 13.8 Å². The van der Waals surface area contributed by atoms with Crippen molar-refractivity contribution in [3.8, 4) is 11.5 Å². The van der Waals surface area contributed by atoms with Gasteiger partial charge < -0.3 is 4.74 Å². The molecule has 2 rings (SSSR count). The van der Waals surface area contributed by atoms with Crippen molar-refractivity contribution in [1.82, 2.24) is 0 Å². The van der Waals surface area contributed by atoms with Crippen LogP contribution >= 0.6 is 11.6 Å². The van der Waals surface area contributed by atoms with Crippen LogP contribution in [0.3, 0.4) is 0 Å². The molecular weight excluding hydrogens is 435 g/mol. The van der Waals surface area contributed by atoms with Gasteiger partial charge in [-0.15, -0.1) is 0 Å². The molecule has 0 N–H and O–H groups in total. The van der Waals surface area contributed by atoms with E-state index in [-0.39, 0.29) is 16.5 Å². The quantitative estimate of drug-likeness (QED) is 0.316. The predicted molar refractivity (Wildman–Crippen MR) is 101 cm³/mol. The number of rotatable bonds is 6. The van der Waals surface area contributed by atoms with Gasteiger partial charge in [-0.1, -0.05) is 23.3 Å². The molecule has 6 nitrogen and oxygen atoms in total. The van der Waals surface area contributed by atoms with Gasteiger partial charge in [-0.05, 0) is 38.1 Å². The highest BCUT2D eigenvalue weighted by molar-refractivity contribution is 7.91. The molecule has 0 saturated heterocycles. The first-order valence-corrected chi connectivity index (χ1v) is 10.0. The lowest BCUT2D eigenvalue weighted by molar-refractivity contribution is -0.387. The van der Waals surface area contributed by atoms with Crippen molar-refractivity contribution in [2.75, 3.05) is 5.75 Å². The highest BCUT2D eigenvalue weighted by atomic mass is 35.5. The molecule has 0 amide bonds. The zero-order valence-electron chi connectivity index (χ0n) is 15.2. The molecule has 0 aliphatic carbocycles. The molecule has 0 spiro atoms. The lowest BCUT2D eigenvalue weighted by atomic mass is 10.2. The summed E-state index contributed by atoms with van der Waals surface area (Å²) in [5, 5.41) is 10.9. The lowest BCUT2D eigenvalue weighted by Crippen LogP contribution is -2.08. The molecule has 11 heteroatoms. The fourth-order valence-electron chi connectivity index (χ4n) is 2.21. The molecule has 2 aromatic carbocycles. The summed E-state index contributed by atoms with van der Waals surface area (Å²) >= 11 is 5.82. The minimum absolute atomic E-state index is 0.131. The van der Waals surface area contributed by atoms with E-state index in [1.165, 1.54) is 6.08 Å². The Bertz CT molecular complexity index is 1080. The number of benzene rings is 2. The summed E-state index contributed by atoms with van der Waals surface area (Å²) in [5.41, 5.74) is -0.915. The van der Waals surface area contributed by atoms with E-state index in [0.29, 0.717) is 11.6 Å². The van der Waals surface area contributed by atoms with E-state index in [2.05, 4.69) is 0 Å².